The maximum atomic E-state index is 11.3. The molecule has 2 aromatic rings. The van der Waals surface area contributed by atoms with Gasteiger partial charge in [-0.05, 0) is 30.7 Å². The Balaban J connectivity index is 0.00000176. The van der Waals surface area contributed by atoms with Gasteiger partial charge in [-0.2, -0.15) is 0 Å². The van der Waals surface area contributed by atoms with Gasteiger partial charge in [0.2, 0.25) is 0 Å². The van der Waals surface area contributed by atoms with E-state index >= 15 is 0 Å². The van der Waals surface area contributed by atoms with Gasteiger partial charge in [0.1, 0.15) is 11.4 Å². The SMILES string of the molecule is CC.CCOC(=O)COc1ccc([N+](=O)[O-])c(NCc2ccc(Cl)cc2)c1. The van der Waals surface area contributed by atoms with Crippen LogP contribution in [0.25, 0.3) is 0 Å². The second kappa shape index (κ2) is 11.7. The van der Waals surface area contributed by atoms with Gasteiger partial charge in [-0.25, -0.2) is 4.79 Å². The molecule has 0 fully saturated rings. The lowest BCUT2D eigenvalue weighted by atomic mass is 10.2. The van der Waals surface area contributed by atoms with E-state index in [-0.39, 0.29) is 18.9 Å². The van der Waals surface area contributed by atoms with E-state index < -0.39 is 10.9 Å². The van der Waals surface area contributed by atoms with E-state index in [1.165, 1.54) is 18.2 Å². The third kappa shape index (κ3) is 7.53. The number of halogens is 1. The highest BCUT2D eigenvalue weighted by Gasteiger charge is 2.15. The first kappa shape index (κ1) is 22.2. The first-order valence-corrected chi connectivity index (χ1v) is 8.92. The smallest absolute Gasteiger partial charge is 0.344 e. The van der Waals surface area contributed by atoms with Gasteiger partial charge in [-0.1, -0.05) is 37.6 Å². The summed E-state index contributed by atoms with van der Waals surface area (Å²) in [6, 6.07) is 11.4. The highest BCUT2D eigenvalue weighted by Crippen LogP contribution is 2.29. The van der Waals surface area contributed by atoms with E-state index in [9.17, 15) is 14.9 Å². The molecule has 2 rings (SSSR count). The van der Waals surface area contributed by atoms with Crippen molar-refractivity contribution in [3.63, 3.8) is 0 Å². The van der Waals surface area contributed by atoms with Crippen molar-refractivity contribution in [2.75, 3.05) is 18.5 Å². The molecule has 8 heteroatoms. The third-order valence-electron chi connectivity index (χ3n) is 3.22. The summed E-state index contributed by atoms with van der Waals surface area (Å²) in [4.78, 5) is 22.0. The number of nitrogens with zero attached hydrogens (tertiary/aromatic N) is 1. The first-order valence-electron chi connectivity index (χ1n) is 8.54. The summed E-state index contributed by atoms with van der Waals surface area (Å²) in [5, 5.41) is 14.8. The predicted molar refractivity (Wildman–Crippen MR) is 105 cm³/mol. The van der Waals surface area contributed by atoms with Crippen molar-refractivity contribution in [3.8, 4) is 5.75 Å². The number of benzene rings is 2. The summed E-state index contributed by atoms with van der Waals surface area (Å²) in [5.41, 5.74) is 1.12. The number of carbonyl (C=O) groups is 1. The normalized spacial score (nSPS) is 9.63. The average molecular weight is 395 g/mol. The van der Waals surface area contributed by atoms with E-state index in [0.717, 1.165) is 5.56 Å². The molecule has 0 amide bonds. The molecule has 0 unspecified atom stereocenters. The highest BCUT2D eigenvalue weighted by molar-refractivity contribution is 6.30. The summed E-state index contributed by atoms with van der Waals surface area (Å²) < 4.78 is 10.1. The van der Waals surface area contributed by atoms with Crippen molar-refractivity contribution >= 4 is 28.9 Å². The number of hydrogen-bond donors (Lipinski definition) is 1. The van der Waals surface area contributed by atoms with Crippen LogP contribution in [0.3, 0.4) is 0 Å². The molecule has 0 bridgehead atoms. The topological polar surface area (TPSA) is 90.7 Å². The Morgan fingerprint density at radius 2 is 1.85 bits per heavy atom. The van der Waals surface area contributed by atoms with Gasteiger partial charge < -0.3 is 14.8 Å². The Morgan fingerprint density at radius 1 is 1.19 bits per heavy atom. The molecular formula is C19H23ClN2O5. The molecule has 27 heavy (non-hydrogen) atoms. The molecule has 1 N–H and O–H groups in total. The Labute approximate surface area is 163 Å². The molecule has 0 aliphatic rings. The summed E-state index contributed by atoms with van der Waals surface area (Å²) in [6.45, 7) is 6.07. The number of nitrogens with one attached hydrogen (secondary N) is 1. The molecule has 0 aromatic heterocycles. The number of anilines is 1. The lowest BCUT2D eigenvalue weighted by Gasteiger charge is -2.10. The monoisotopic (exact) mass is 394 g/mol. The largest absolute Gasteiger partial charge is 0.482 e. The first-order chi connectivity index (χ1) is 13.0. The zero-order valence-electron chi connectivity index (χ0n) is 15.5. The lowest BCUT2D eigenvalue weighted by molar-refractivity contribution is -0.384. The molecule has 0 atom stereocenters. The number of nitro benzene ring substituents is 1. The van der Waals surface area contributed by atoms with Gasteiger partial charge in [0.15, 0.2) is 6.61 Å². The van der Waals surface area contributed by atoms with Crippen molar-refractivity contribution in [2.24, 2.45) is 0 Å². The van der Waals surface area contributed by atoms with Gasteiger partial charge in [0, 0.05) is 23.7 Å². The van der Waals surface area contributed by atoms with Crippen LogP contribution in [0.2, 0.25) is 5.02 Å². The van der Waals surface area contributed by atoms with Crippen molar-refractivity contribution in [2.45, 2.75) is 27.3 Å². The predicted octanol–water partition coefficient (Wildman–Crippen LogP) is 4.83. The molecule has 0 spiro atoms. The fourth-order valence-corrected chi connectivity index (χ4v) is 2.18. The van der Waals surface area contributed by atoms with E-state index in [0.29, 0.717) is 23.0 Å². The van der Waals surface area contributed by atoms with Crippen LogP contribution in [0.5, 0.6) is 5.75 Å². The van der Waals surface area contributed by atoms with Gasteiger partial charge in [-0.3, -0.25) is 10.1 Å². The number of nitro groups is 1. The second-order valence-corrected chi connectivity index (χ2v) is 5.45. The number of ether oxygens (including phenoxy) is 2. The Bertz CT molecular complexity index is 750. The molecular weight excluding hydrogens is 372 g/mol. The van der Waals surface area contributed by atoms with Crippen LogP contribution in [0.1, 0.15) is 26.3 Å². The minimum atomic E-state index is -0.503. The molecule has 0 radical (unpaired) electrons. The summed E-state index contributed by atoms with van der Waals surface area (Å²) in [5.74, 6) is -0.172. The van der Waals surface area contributed by atoms with Crippen molar-refractivity contribution in [1.82, 2.24) is 0 Å². The Morgan fingerprint density at radius 3 is 2.44 bits per heavy atom. The Kier molecular flexibility index (Phi) is 9.68. The maximum Gasteiger partial charge on any atom is 0.344 e. The third-order valence-corrected chi connectivity index (χ3v) is 3.47. The van der Waals surface area contributed by atoms with Crippen LogP contribution in [0.4, 0.5) is 11.4 Å². The van der Waals surface area contributed by atoms with Crippen LogP contribution >= 0.6 is 11.6 Å². The van der Waals surface area contributed by atoms with Crippen molar-refractivity contribution < 1.29 is 19.2 Å². The molecule has 7 nitrogen and oxygen atoms in total. The summed E-state index contributed by atoms with van der Waals surface area (Å²) in [7, 11) is 0. The van der Waals surface area contributed by atoms with Gasteiger partial charge in [0.05, 0.1) is 11.5 Å². The minimum Gasteiger partial charge on any atom is -0.482 e. The van der Waals surface area contributed by atoms with Crippen LogP contribution in [0, 0.1) is 10.1 Å². The number of rotatable bonds is 8. The van der Waals surface area contributed by atoms with E-state index in [1.807, 2.05) is 26.0 Å². The number of carbonyl (C=O) groups excluding carboxylic acids is 1. The zero-order valence-corrected chi connectivity index (χ0v) is 16.3. The fraction of sp³-hybridized carbons (Fsp3) is 0.316. The summed E-state index contributed by atoms with van der Waals surface area (Å²) >= 11 is 5.84. The molecule has 0 saturated heterocycles. The highest BCUT2D eigenvalue weighted by atomic mass is 35.5. The zero-order chi connectivity index (χ0) is 20.2. The van der Waals surface area contributed by atoms with Crippen molar-refractivity contribution in [1.29, 1.82) is 0 Å². The molecule has 0 aliphatic heterocycles. The van der Waals surface area contributed by atoms with Crippen LogP contribution in [0.15, 0.2) is 42.5 Å². The molecule has 2 aromatic carbocycles. The lowest BCUT2D eigenvalue weighted by Crippen LogP contribution is -2.14. The number of hydrogen-bond acceptors (Lipinski definition) is 6. The average Bonchev–Trinajstić information content (AvgIpc) is 2.67. The van der Waals surface area contributed by atoms with Crippen LogP contribution in [-0.4, -0.2) is 24.1 Å². The van der Waals surface area contributed by atoms with E-state index in [1.54, 1.807) is 19.1 Å². The second-order valence-electron chi connectivity index (χ2n) is 5.01. The minimum absolute atomic E-state index is 0.0857. The molecule has 0 aliphatic carbocycles. The van der Waals surface area contributed by atoms with Gasteiger partial charge in [-0.15, -0.1) is 0 Å². The standard InChI is InChI=1S/C17H17ClN2O5.C2H6/c1-2-24-17(21)11-25-14-7-8-16(20(22)23)15(9-14)19-10-12-3-5-13(18)6-4-12;1-2/h3-9,19H,2,10-11H2,1H3;1-2H3. The quantitative estimate of drug-likeness (QED) is 0.391. The van der Waals surface area contributed by atoms with E-state index in [2.05, 4.69) is 5.32 Å². The molecule has 146 valence electrons. The number of esters is 1. The molecule has 0 heterocycles. The Hall–Kier alpha value is -2.80. The maximum absolute atomic E-state index is 11.3. The van der Waals surface area contributed by atoms with Crippen LogP contribution < -0.4 is 10.1 Å². The summed E-state index contributed by atoms with van der Waals surface area (Å²) in [6.07, 6.45) is 0. The molecule has 0 saturated carbocycles. The van der Waals surface area contributed by atoms with Gasteiger partial charge in [0.25, 0.3) is 5.69 Å². The van der Waals surface area contributed by atoms with E-state index in [4.69, 9.17) is 21.1 Å². The van der Waals surface area contributed by atoms with Gasteiger partial charge >= 0.3 is 5.97 Å². The van der Waals surface area contributed by atoms with Crippen LogP contribution in [-0.2, 0) is 16.1 Å². The van der Waals surface area contributed by atoms with Crippen molar-refractivity contribution in [3.05, 3.63) is 63.2 Å². The fourth-order valence-electron chi connectivity index (χ4n) is 2.05.